The first-order valence-corrected chi connectivity index (χ1v) is 8.19. The van der Waals surface area contributed by atoms with Gasteiger partial charge in [0, 0.05) is 17.6 Å². The van der Waals surface area contributed by atoms with Crippen LogP contribution >= 0.6 is 0 Å². The third-order valence-electron chi connectivity index (χ3n) is 3.29. The van der Waals surface area contributed by atoms with Gasteiger partial charge in [0.05, 0.1) is 18.9 Å². The van der Waals surface area contributed by atoms with Crippen molar-refractivity contribution in [2.75, 3.05) is 7.11 Å². The highest BCUT2D eigenvalue weighted by Crippen LogP contribution is 2.27. The molecule has 0 saturated carbocycles. The number of nitrogens with zero attached hydrogens (tertiary/aromatic N) is 1. The van der Waals surface area contributed by atoms with Gasteiger partial charge in [0.2, 0.25) is 0 Å². The molecule has 2 heterocycles. The maximum Gasteiger partial charge on any atom is 0.146 e. The number of methoxy groups -OCH3 is 1. The van der Waals surface area contributed by atoms with Crippen molar-refractivity contribution in [2.45, 2.75) is 12.4 Å². The standard InChI is InChI=1S/C16H15N2O4S/c1-20-12-2-3-14-15(7-12)18-5-4-16(14)22-9-13-6-11(8-21-13)10-23(17)19/h2-8,17H,9-10H2,1H3/q-1. The average Bonchev–Trinajstić information content (AvgIpc) is 2.98. The zero-order valence-electron chi connectivity index (χ0n) is 12.4. The second-order valence-corrected chi connectivity index (χ2v) is 5.87. The summed E-state index contributed by atoms with van der Waals surface area (Å²) < 4.78 is 34.3. The summed E-state index contributed by atoms with van der Waals surface area (Å²) in [5, 5.41) is 0.882. The lowest BCUT2D eigenvalue weighted by molar-refractivity contribution is 0.273. The number of furan rings is 1. The number of ether oxygens (including phenoxy) is 2. The third-order valence-corrected chi connectivity index (χ3v) is 3.88. The minimum absolute atomic E-state index is 0.154. The minimum atomic E-state index is -1.64. The molecule has 0 atom stereocenters. The summed E-state index contributed by atoms with van der Waals surface area (Å²) in [7, 11) is -0.0249. The fourth-order valence-corrected chi connectivity index (χ4v) is 2.69. The van der Waals surface area contributed by atoms with Crippen molar-refractivity contribution in [2.24, 2.45) is 0 Å². The van der Waals surface area contributed by atoms with Crippen molar-refractivity contribution in [1.29, 1.82) is 4.78 Å². The molecule has 7 heteroatoms. The van der Waals surface area contributed by atoms with Gasteiger partial charge in [-0.1, -0.05) is 5.75 Å². The Morgan fingerprint density at radius 2 is 2.17 bits per heavy atom. The van der Waals surface area contributed by atoms with Crippen LogP contribution in [0.15, 0.2) is 47.2 Å². The maximum atomic E-state index is 10.9. The van der Waals surface area contributed by atoms with Crippen LogP contribution < -0.4 is 9.47 Å². The summed E-state index contributed by atoms with van der Waals surface area (Å²) in [4.78, 5) is 4.30. The summed E-state index contributed by atoms with van der Waals surface area (Å²) in [5.74, 6) is 2.20. The number of hydrogen-bond acceptors (Lipinski definition) is 7. The first-order chi connectivity index (χ1) is 11.2. The van der Waals surface area contributed by atoms with E-state index in [9.17, 15) is 4.21 Å². The zero-order chi connectivity index (χ0) is 16.2. The molecule has 0 fully saturated rings. The fourth-order valence-electron chi connectivity index (χ4n) is 2.23. The predicted molar refractivity (Wildman–Crippen MR) is 85.8 cm³/mol. The van der Waals surface area contributed by atoms with Crippen molar-refractivity contribution >= 4 is 21.5 Å². The molecule has 6 nitrogen and oxygen atoms in total. The SMILES string of the molecule is COc1ccc2c(OCc3cc(C[S-](=N)=O)co3)ccnc2c1. The van der Waals surface area contributed by atoms with E-state index in [-0.39, 0.29) is 12.4 Å². The van der Waals surface area contributed by atoms with Crippen molar-refractivity contribution in [1.82, 2.24) is 4.98 Å². The van der Waals surface area contributed by atoms with E-state index in [1.807, 2.05) is 18.2 Å². The monoisotopic (exact) mass is 331 g/mol. The van der Waals surface area contributed by atoms with E-state index in [1.165, 1.54) is 6.26 Å². The van der Waals surface area contributed by atoms with Crippen LogP contribution in [0, 0.1) is 4.78 Å². The minimum Gasteiger partial charge on any atom is -0.497 e. The van der Waals surface area contributed by atoms with E-state index < -0.39 is 10.6 Å². The molecule has 0 unspecified atom stereocenters. The first-order valence-electron chi connectivity index (χ1n) is 6.87. The van der Waals surface area contributed by atoms with Crippen LogP contribution in [0.1, 0.15) is 11.3 Å². The quantitative estimate of drug-likeness (QED) is 0.697. The molecule has 0 aliphatic carbocycles. The van der Waals surface area contributed by atoms with Gasteiger partial charge in [-0.15, -0.1) is 0 Å². The molecule has 0 bridgehead atoms. The Hall–Kier alpha value is -2.54. The average molecular weight is 331 g/mol. The van der Waals surface area contributed by atoms with Gasteiger partial charge in [0.15, 0.2) is 0 Å². The van der Waals surface area contributed by atoms with Crippen LogP contribution in [-0.4, -0.2) is 12.1 Å². The van der Waals surface area contributed by atoms with Crippen LogP contribution in [0.5, 0.6) is 11.5 Å². The van der Waals surface area contributed by atoms with Gasteiger partial charge >= 0.3 is 0 Å². The lowest BCUT2D eigenvalue weighted by atomic mass is 10.2. The molecular weight excluding hydrogens is 316 g/mol. The van der Waals surface area contributed by atoms with Crippen LogP contribution in [-0.2, 0) is 27.2 Å². The van der Waals surface area contributed by atoms with E-state index >= 15 is 0 Å². The Kier molecular flexibility index (Phi) is 4.47. The summed E-state index contributed by atoms with van der Waals surface area (Å²) in [6.45, 7) is 0.246. The molecule has 120 valence electrons. The van der Waals surface area contributed by atoms with Gasteiger partial charge < -0.3 is 22.9 Å². The van der Waals surface area contributed by atoms with E-state index in [2.05, 4.69) is 4.98 Å². The largest absolute Gasteiger partial charge is 0.497 e. The normalized spacial score (nSPS) is 11.0. The fraction of sp³-hybridized carbons (Fsp3) is 0.188. The Balaban J connectivity index is 1.77. The van der Waals surface area contributed by atoms with Gasteiger partial charge in [-0.25, -0.2) is 0 Å². The first kappa shape index (κ1) is 15.4. The van der Waals surface area contributed by atoms with Crippen molar-refractivity contribution in [3.63, 3.8) is 0 Å². The number of rotatable bonds is 6. The molecule has 0 saturated heterocycles. The Morgan fingerprint density at radius 1 is 1.30 bits per heavy atom. The molecule has 3 aromatic rings. The number of benzene rings is 1. The molecule has 0 radical (unpaired) electrons. The van der Waals surface area contributed by atoms with E-state index in [0.717, 1.165) is 22.2 Å². The number of aromatic nitrogens is 1. The molecule has 0 aliphatic heterocycles. The molecule has 2 aromatic heterocycles. The zero-order valence-corrected chi connectivity index (χ0v) is 13.3. The van der Waals surface area contributed by atoms with Gasteiger partial charge in [-0.05, 0) is 29.8 Å². The Bertz CT molecular complexity index is 894. The van der Waals surface area contributed by atoms with Crippen molar-refractivity contribution in [3.05, 3.63) is 54.1 Å². The number of fused-ring (bicyclic) bond motifs is 1. The highest BCUT2D eigenvalue weighted by Gasteiger charge is 2.06. The number of pyridine rings is 1. The molecule has 0 amide bonds. The topological polar surface area (TPSA) is 85.4 Å². The van der Waals surface area contributed by atoms with Gasteiger partial charge in [0.25, 0.3) is 0 Å². The van der Waals surface area contributed by atoms with Gasteiger partial charge in [-0.2, -0.15) is 10.6 Å². The number of nitrogens with one attached hydrogen (secondary N) is 1. The van der Waals surface area contributed by atoms with E-state index in [4.69, 9.17) is 18.7 Å². The molecule has 0 aliphatic rings. The summed E-state index contributed by atoms with van der Waals surface area (Å²) in [6.07, 6.45) is 3.18. The third kappa shape index (κ3) is 3.62. The molecule has 23 heavy (non-hydrogen) atoms. The van der Waals surface area contributed by atoms with Gasteiger partial charge in [0.1, 0.15) is 23.9 Å². The van der Waals surface area contributed by atoms with Crippen LogP contribution in [0.4, 0.5) is 0 Å². The van der Waals surface area contributed by atoms with Crippen LogP contribution in [0.2, 0.25) is 0 Å². The van der Waals surface area contributed by atoms with Crippen molar-refractivity contribution < 1.29 is 18.1 Å². The molecule has 1 N–H and O–H groups in total. The maximum absolute atomic E-state index is 10.9. The van der Waals surface area contributed by atoms with Crippen LogP contribution in [0.25, 0.3) is 10.9 Å². The Labute approximate surface area is 135 Å². The summed E-state index contributed by atoms with van der Waals surface area (Å²) >= 11 is 0. The Morgan fingerprint density at radius 3 is 2.96 bits per heavy atom. The van der Waals surface area contributed by atoms with Crippen LogP contribution in [0.3, 0.4) is 0 Å². The summed E-state index contributed by atoms with van der Waals surface area (Å²) in [5.41, 5.74) is 1.51. The molecule has 1 aromatic carbocycles. The lowest BCUT2D eigenvalue weighted by Crippen LogP contribution is -1.95. The van der Waals surface area contributed by atoms with E-state index in [1.54, 1.807) is 25.4 Å². The lowest BCUT2D eigenvalue weighted by Gasteiger charge is -2.08. The predicted octanol–water partition coefficient (Wildman–Crippen LogP) is 3.64. The van der Waals surface area contributed by atoms with Gasteiger partial charge in [-0.3, -0.25) is 4.98 Å². The second kappa shape index (κ2) is 6.70. The molecule has 0 spiro atoms. The molecular formula is C16H15N2O4S-. The summed E-state index contributed by atoms with van der Waals surface area (Å²) in [6, 6.07) is 9.13. The highest BCUT2D eigenvalue weighted by atomic mass is 32.2. The highest BCUT2D eigenvalue weighted by molar-refractivity contribution is 7.72. The smallest absolute Gasteiger partial charge is 0.146 e. The second-order valence-electron chi connectivity index (χ2n) is 4.89. The van der Waals surface area contributed by atoms with Crippen molar-refractivity contribution in [3.8, 4) is 11.5 Å². The number of hydrogen-bond donors (Lipinski definition) is 1. The van der Waals surface area contributed by atoms with E-state index in [0.29, 0.717) is 11.5 Å². The molecule has 3 rings (SSSR count).